The molecule has 1 saturated carbocycles. The van der Waals surface area contributed by atoms with Gasteiger partial charge in [0.15, 0.2) is 0 Å². The van der Waals surface area contributed by atoms with Crippen LogP contribution in [0.25, 0.3) is 0 Å². The van der Waals surface area contributed by atoms with Crippen LogP contribution in [0.15, 0.2) is 0 Å². The molecular weight excluding hydrogens is 260 g/mol. The number of carbonyl (C=O) groups excluding carboxylic acids is 1. The summed E-state index contributed by atoms with van der Waals surface area (Å²) in [6.45, 7) is 4.08. The van der Waals surface area contributed by atoms with Crippen molar-refractivity contribution < 1.29 is 4.79 Å². The Bertz CT molecular complexity index is 309. The Morgan fingerprint density at radius 3 is 2.58 bits per heavy atom. The highest BCUT2D eigenvalue weighted by Gasteiger charge is 2.41. The van der Waals surface area contributed by atoms with E-state index in [2.05, 4.69) is 10.2 Å². The van der Waals surface area contributed by atoms with Crippen LogP contribution in [-0.2, 0) is 4.79 Å². The van der Waals surface area contributed by atoms with Crippen LogP contribution in [0.5, 0.6) is 0 Å². The zero-order valence-corrected chi connectivity index (χ0v) is 12.6. The first-order chi connectivity index (χ1) is 8.79. The van der Waals surface area contributed by atoms with Crippen molar-refractivity contribution in [1.29, 1.82) is 0 Å². The Balaban J connectivity index is 0.00000133. The quantitative estimate of drug-likeness (QED) is 0.804. The molecule has 4 heteroatoms. The predicted octanol–water partition coefficient (Wildman–Crippen LogP) is 2.59. The first kappa shape index (κ1) is 15.1. The molecule has 1 atom stereocenters. The third kappa shape index (κ3) is 3.25. The highest BCUT2D eigenvalue weighted by molar-refractivity contribution is 5.85. The van der Waals surface area contributed by atoms with Crippen LogP contribution in [-0.4, -0.2) is 37.0 Å². The zero-order valence-electron chi connectivity index (χ0n) is 11.8. The van der Waals surface area contributed by atoms with Gasteiger partial charge < -0.3 is 10.2 Å². The van der Waals surface area contributed by atoms with Crippen LogP contribution in [0.1, 0.15) is 51.4 Å². The van der Waals surface area contributed by atoms with Gasteiger partial charge in [0.05, 0.1) is 5.92 Å². The summed E-state index contributed by atoms with van der Waals surface area (Å²) in [5.41, 5.74) is 0.510. The zero-order chi connectivity index (χ0) is 12.4. The van der Waals surface area contributed by atoms with Gasteiger partial charge in [0.2, 0.25) is 5.91 Å². The smallest absolute Gasteiger partial charge is 0.226 e. The molecule has 2 heterocycles. The number of rotatable bonds is 1. The molecule has 19 heavy (non-hydrogen) atoms. The number of nitrogens with one attached hydrogen (secondary N) is 1. The van der Waals surface area contributed by atoms with E-state index in [1.165, 1.54) is 38.5 Å². The average molecular weight is 287 g/mol. The van der Waals surface area contributed by atoms with E-state index in [-0.39, 0.29) is 18.3 Å². The molecule has 1 amide bonds. The van der Waals surface area contributed by atoms with Crippen LogP contribution in [0, 0.1) is 11.3 Å². The summed E-state index contributed by atoms with van der Waals surface area (Å²) in [6.07, 6.45) is 10.4. The van der Waals surface area contributed by atoms with Gasteiger partial charge in [-0.2, -0.15) is 0 Å². The number of hydrogen-bond acceptors (Lipinski definition) is 2. The number of halogens is 1. The van der Waals surface area contributed by atoms with Gasteiger partial charge in [0.1, 0.15) is 0 Å². The third-order valence-electron chi connectivity index (χ3n) is 5.31. The summed E-state index contributed by atoms with van der Waals surface area (Å²) in [4.78, 5) is 14.7. The molecule has 0 radical (unpaired) electrons. The summed E-state index contributed by atoms with van der Waals surface area (Å²) >= 11 is 0. The van der Waals surface area contributed by atoms with Gasteiger partial charge in [-0.1, -0.05) is 19.3 Å². The standard InChI is InChI=1S/C15H26N2O.ClH/c18-14(13-5-4-9-16-11-13)17-10-8-15(12-17)6-2-1-3-7-15;/h13,16H,1-12H2;1H/t13-;/m1./s1. The van der Waals surface area contributed by atoms with Crippen molar-refractivity contribution in [2.75, 3.05) is 26.2 Å². The molecule has 1 N–H and O–H groups in total. The first-order valence-corrected chi connectivity index (χ1v) is 7.79. The number of hydrogen-bond donors (Lipinski definition) is 1. The van der Waals surface area contributed by atoms with Crippen LogP contribution in [0.4, 0.5) is 0 Å². The minimum absolute atomic E-state index is 0. The Hall–Kier alpha value is -0.280. The summed E-state index contributed by atoms with van der Waals surface area (Å²) in [7, 11) is 0. The highest BCUT2D eigenvalue weighted by Crippen LogP contribution is 2.44. The lowest BCUT2D eigenvalue weighted by molar-refractivity contribution is -0.135. The van der Waals surface area contributed by atoms with Crippen molar-refractivity contribution in [3.05, 3.63) is 0 Å². The SMILES string of the molecule is Cl.O=C([C@@H]1CCCNC1)N1CCC2(CCCCC2)C1. The third-order valence-corrected chi connectivity index (χ3v) is 5.31. The maximum absolute atomic E-state index is 12.5. The van der Waals surface area contributed by atoms with Crippen LogP contribution < -0.4 is 5.32 Å². The van der Waals surface area contributed by atoms with E-state index in [9.17, 15) is 4.79 Å². The van der Waals surface area contributed by atoms with E-state index < -0.39 is 0 Å². The van der Waals surface area contributed by atoms with Crippen LogP contribution in [0.3, 0.4) is 0 Å². The highest BCUT2D eigenvalue weighted by atomic mass is 35.5. The second kappa shape index (κ2) is 6.45. The molecule has 0 unspecified atom stereocenters. The fraction of sp³-hybridized carbons (Fsp3) is 0.933. The van der Waals surface area contributed by atoms with Crippen LogP contribution >= 0.6 is 12.4 Å². The molecule has 1 aliphatic carbocycles. The maximum atomic E-state index is 12.5. The van der Waals surface area contributed by atoms with Crippen molar-refractivity contribution in [3.8, 4) is 0 Å². The molecule has 2 aliphatic heterocycles. The lowest BCUT2D eigenvalue weighted by atomic mass is 9.73. The van der Waals surface area contributed by atoms with E-state index in [0.717, 1.165) is 39.0 Å². The second-order valence-corrected chi connectivity index (χ2v) is 6.61. The number of amides is 1. The summed E-state index contributed by atoms with van der Waals surface area (Å²) in [5, 5.41) is 3.36. The molecule has 3 nitrogen and oxygen atoms in total. The number of nitrogens with zero attached hydrogens (tertiary/aromatic N) is 1. The van der Waals surface area contributed by atoms with Gasteiger partial charge in [-0.3, -0.25) is 4.79 Å². The Morgan fingerprint density at radius 2 is 1.89 bits per heavy atom. The normalized spacial score (nSPS) is 30.1. The molecule has 3 rings (SSSR count). The molecular formula is C15H27ClN2O. The Morgan fingerprint density at radius 1 is 1.11 bits per heavy atom. The summed E-state index contributed by atoms with van der Waals surface area (Å²) < 4.78 is 0. The van der Waals surface area contributed by atoms with Crippen molar-refractivity contribution >= 4 is 18.3 Å². The van der Waals surface area contributed by atoms with Crippen molar-refractivity contribution in [1.82, 2.24) is 10.2 Å². The largest absolute Gasteiger partial charge is 0.342 e. The fourth-order valence-corrected chi connectivity index (χ4v) is 4.15. The molecule has 0 aromatic heterocycles. The molecule has 2 saturated heterocycles. The van der Waals surface area contributed by atoms with Gasteiger partial charge in [0, 0.05) is 19.6 Å². The van der Waals surface area contributed by atoms with E-state index in [0.29, 0.717) is 11.3 Å². The van der Waals surface area contributed by atoms with Gasteiger partial charge in [-0.15, -0.1) is 12.4 Å². The maximum Gasteiger partial charge on any atom is 0.226 e. The summed E-state index contributed by atoms with van der Waals surface area (Å²) in [6, 6.07) is 0. The molecule has 0 aromatic carbocycles. The number of carbonyl (C=O) groups is 1. The van der Waals surface area contributed by atoms with Gasteiger partial charge >= 0.3 is 0 Å². The van der Waals surface area contributed by atoms with E-state index >= 15 is 0 Å². The second-order valence-electron chi connectivity index (χ2n) is 6.61. The molecule has 110 valence electrons. The van der Waals surface area contributed by atoms with E-state index in [4.69, 9.17) is 0 Å². The van der Waals surface area contributed by atoms with Crippen molar-refractivity contribution in [2.45, 2.75) is 51.4 Å². The lowest BCUT2D eigenvalue weighted by Crippen LogP contribution is -2.43. The van der Waals surface area contributed by atoms with Gasteiger partial charge in [-0.05, 0) is 44.1 Å². The Labute approximate surface area is 122 Å². The predicted molar refractivity (Wildman–Crippen MR) is 79.6 cm³/mol. The van der Waals surface area contributed by atoms with Crippen molar-refractivity contribution in [3.63, 3.8) is 0 Å². The van der Waals surface area contributed by atoms with E-state index in [1.807, 2.05) is 0 Å². The van der Waals surface area contributed by atoms with Crippen LogP contribution in [0.2, 0.25) is 0 Å². The fourth-order valence-electron chi connectivity index (χ4n) is 4.15. The number of piperidine rings is 1. The van der Waals surface area contributed by atoms with Gasteiger partial charge in [0.25, 0.3) is 0 Å². The molecule has 3 fully saturated rings. The molecule has 3 aliphatic rings. The minimum atomic E-state index is 0. The topological polar surface area (TPSA) is 32.3 Å². The summed E-state index contributed by atoms with van der Waals surface area (Å²) in [5.74, 6) is 0.696. The molecule has 1 spiro atoms. The minimum Gasteiger partial charge on any atom is -0.342 e. The first-order valence-electron chi connectivity index (χ1n) is 7.79. The van der Waals surface area contributed by atoms with Gasteiger partial charge in [-0.25, -0.2) is 0 Å². The molecule has 0 aromatic rings. The Kier molecular flexibility index (Phi) is 5.13. The van der Waals surface area contributed by atoms with E-state index in [1.54, 1.807) is 0 Å². The number of likely N-dealkylation sites (tertiary alicyclic amines) is 1. The van der Waals surface area contributed by atoms with Crippen molar-refractivity contribution in [2.24, 2.45) is 11.3 Å². The lowest BCUT2D eigenvalue weighted by Gasteiger charge is -2.34. The molecule has 0 bridgehead atoms. The average Bonchev–Trinajstić information content (AvgIpc) is 2.83. The monoisotopic (exact) mass is 286 g/mol.